The highest BCUT2D eigenvalue weighted by molar-refractivity contribution is 5.98. The number of halogens is 1. The molecule has 0 spiro atoms. The van der Waals surface area contributed by atoms with Crippen molar-refractivity contribution < 1.29 is 9.59 Å². The Hall–Kier alpha value is -1.59. The van der Waals surface area contributed by atoms with Gasteiger partial charge in [-0.05, 0) is 56.3 Å². The summed E-state index contributed by atoms with van der Waals surface area (Å²) < 4.78 is 0. The van der Waals surface area contributed by atoms with E-state index in [1.165, 1.54) is 0 Å². The van der Waals surface area contributed by atoms with Crippen LogP contribution in [0.3, 0.4) is 0 Å². The Kier molecular flexibility index (Phi) is 8.93. The molecule has 2 atom stereocenters. The van der Waals surface area contributed by atoms with Gasteiger partial charge in [-0.25, -0.2) is 0 Å². The summed E-state index contributed by atoms with van der Waals surface area (Å²) in [5.41, 5.74) is 1.53. The quantitative estimate of drug-likeness (QED) is 0.722. The Morgan fingerprint density at radius 2 is 2.00 bits per heavy atom. The van der Waals surface area contributed by atoms with Crippen LogP contribution in [0.2, 0.25) is 0 Å². The lowest BCUT2D eigenvalue weighted by Crippen LogP contribution is -2.51. The van der Waals surface area contributed by atoms with Crippen molar-refractivity contribution in [2.24, 2.45) is 11.8 Å². The van der Waals surface area contributed by atoms with Crippen LogP contribution >= 0.6 is 12.4 Å². The van der Waals surface area contributed by atoms with Crippen molar-refractivity contribution in [2.45, 2.75) is 39.7 Å². The van der Waals surface area contributed by atoms with Crippen molar-refractivity contribution in [3.8, 4) is 0 Å². The van der Waals surface area contributed by atoms with Crippen LogP contribution in [0.4, 0.5) is 0 Å². The first kappa shape index (κ1) is 21.5. The average Bonchev–Trinajstić information content (AvgIpc) is 2.58. The molecule has 1 aromatic carbocycles. The second-order valence-electron chi connectivity index (χ2n) is 6.97. The standard InChI is InChI=1S/C19H29N3O2.ClH/c1-13(2)17(19(24)21-12-15-8-6-10-20-11-15)22-18(23)16-9-5-4-7-14(16)3;/h4-5,7,9,13,15,17,20H,6,8,10-12H2,1-3H3,(H,21,24)(H,22,23);1H. The molecule has 6 heteroatoms. The predicted octanol–water partition coefficient (Wildman–Crippen LogP) is 2.29. The zero-order valence-corrected chi connectivity index (χ0v) is 16.1. The highest BCUT2D eigenvalue weighted by atomic mass is 35.5. The van der Waals surface area contributed by atoms with Crippen molar-refractivity contribution >= 4 is 24.2 Å². The van der Waals surface area contributed by atoms with Gasteiger partial charge in [-0.2, -0.15) is 0 Å². The monoisotopic (exact) mass is 367 g/mol. The summed E-state index contributed by atoms with van der Waals surface area (Å²) in [6, 6.07) is 6.90. The van der Waals surface area contributed by atoms with Crippen LogP contribution in [-0.2, 0) is 4.79 Å². The number of carbonyl (C=O) groups excluding carboxylic acids is 2. The van der Waals surface area contributed by atoms with Crippen molar-refractivity contribution in [1.82, 2.24) is 16.0 Å². The molecule has 1 saturated heterocycles. The summed E-state index contributed by atoms with van der Waals surface area (Å²) in [4.78, 5) is 25.0. The van der Waals surface area contributed by atoms with Gasteiger partial charge in [0, 0.05) is 12.1 Å². The number of amides is 2. The molecule has 140 valence electrons. The molecular weight excluding hydrogens is 338 g/mol. The Balaban J connectivity index is 0.00000312. The van der Waals surface area contributed by atoms with E-state index in [9.17, 15) is 9.59 Å². The number of hydrogen-bond acceptors (Lipinski definition) is 3. The molecule has 0 aromatic heterocycles. The molecule has 1 aliphatic rings. The largest absolute Gasteiger partial charge is 0.354 e. The molecule has 0 radical (unpaired) electrons. The number of rotatable bonds is 6. The zero-order chi connectivity index (χ0) is 17.5. The van der Waals surface area contributed by atoms with Crippen LogP contribution in [0.25, 0.3) is 0 Å². The lowest BCUT2D eigenvalue weighted by molar-refractivity contribution is -0.124. The third-order valence-electron chi connectivity index (χ3n) is 4.59. The first-order valence-electron chi connectivity index (χ1n) is 8.84. The van der Waals surface area contributed by atoms with E-state index in [2.05, 4.69) is 16.0 Å². The van der Waals surface area contributed by atoms with Crippen LogP contribution in [0.5, 0.6) is 0 Å². The number of piperidine rings is 1. The van der Waals surface area contributed by atoms with Crippen LogP contribution in [0.1, 0.15) is 42.6 Å². The molecule has 1 heterocycles. The smallest absolute Gasteiger partial charge is 0.252 e. The lowest BCUT2D eigenvalue weighted by Gasteiger charge is -2.26. The SMILES string of the molecule is Cc1ccccc1C(=O)NC(C(=O)NCC1CCCNC1)C(C)C.Cl. The third kappa shape index (κ3) is 6.33. The number of aryl methyl sites for hydroxylation is 1. The molecule has 5 nitrogen and oxygen atoms in total. The number of hydrogen-bond donors (Lipinski definition) is 3. The molecule has 0 aliphatic carbocycles. The van der Waals surface area contributed by atoms with Gasteiger partial charge in [0.05, 0.1) is 0 Å². The van der Waals surface area contributed by atoms with Crippen LogP contribution in [-0.4, -0.2) is 37.5 Å². The van der Waals surface area contributed by atoms with Gasteiger partial charge in [-0.1, -0.05) is 32.0 Å². The second-order valence-corrected chi connectivity index (χ2v) is 6.97. The fourth-order valence-corrected chi connectivity index (χ4v) is 3.03. The minimum absolute atomic E-state index is 0. The van der Waals surface area contributed by atoms with Gasteiger partial charge >= 0.3 is 0 Å². The van der Waals surface area contributed by atoms with Gasteiger partial charge in [0.15, 0.2) is 0 Å². The van der Waals surface area contributed by atoms with E-state index in [4.69, 9.17) is 0 Å². The molecule has 2 unspecified atom stereocenters. The van der Waals surface area contributed by atoms with Crippen molar-refractivity contribution in [3.05, 3.63) is 35.4 Å². The van der Waals surface area contributed by atoms with Crippen molar-refractivity contribution in [1.29, 1.82) is 0 Å². The van der Waals surface area contributed by atoms with Crippen molar-refractivity contribution in [3.63, 3.8) is 0 Å². The minimum Gasteiger partial charge on any atom is -0.354 e. The molecule has 0 saturated carbocycles. The molecule has 0 bridgehead atoms. The Morgan fingerprint density at radius 1 is 1.28 bits per heavy atom. The Morgan fingerprint density at radius 3 is 2.60 bits per heavy atom. The summed E-state index contributed by atoms with van der Waals surface area (Å²) >= 11 is 0. The number of benzene rings is 1. The zero-order valence-electron chi connectivity index (χ0n) is 15.3. The fourth-order valence-electron chi connectivity index (χ4n) is 3.03. The Bertz CT molecular complexity index is 572. The maximum absolute atomic E-state index is 12.5. The third-order valence-corrected chi connectivity index (χ3v) is 4.59. The maximum Gasteiger partial charge on any atom is 0.252 e. The molecule has 1 aromatic rings. The van der Waals surface area contributed by atoms with Gasteiger partial charge < -0.3 is 16.0 Å². The second kappa shape index (κ2) is 10.4. The molecule has 1 fully saturated rings. The van der Waals surface area contributed by atoms with Gasteiger partial charge in [0.2, 0.25) is 5.91 Å². The molecule has 1 aliphatic heterocycles. The molecule has 2 amide bonds. The van der Waals surface area contributed by atoms with Crippen LogP contribution < -0.4 is 16.0 Å². The highest BCUT2D eigenvalue weighted by Gasteiger charge is 2.25. The van der Waals surface area contributed by atoms with Crippen molar-refractivity contribution in [2.75, 3.05) is 19.6 Å². The van der Waals surface area contributed by atoms with E-state index in [1.807, 2.05) is 39.0 Å². The van der Waals surface area contributed by atoms with Crippen LogP contribution in [0, 0.1) is 18.8 Å². The number of carbonyl (C=O) groups is 2. The molecule has 3 N–H and O–H groups in total. The molecule has 2 rings (SSSR count). The van der Waals surface area contributed by atoms with E-state index >= 15 is 0 Å². The lowest BCUT2D eigenvalue weighted by atomic mass is 9.98. The number of nitrogens with one attached hydrogen (secondary N) is 3. The summed E-state index contributed by atoms with van der Waals surface area (Å²) in [6.07, 6.45) is 2.29. The van der Waals surface area contributed by atoms with Gasteiger partial charge in [0.1, 0.15) is 6.04 Å². The van der Waals surface area contributed by atoms with E-state index in [1.54, 1.807) is 6.07 Å². The summed E-state index contributed by atoms with van der Waals surface area (Å²) in [7, 11) is 0. The van der Waals surface area contributed by atoms with E-state index in [-0.39, 0.29) is 30.1 Å². The first-order chi connectivity index (χ1) is 11.5. The minimum atomic E-state index is -0.520. The van der Waals surface area contributed by atoms with Gasteiger partial charge in [-0.15, -0.1) is 12.4 Å². The average molecular weight is 368 g/mol. The molecular formula is C19H30ClN3O2. The molecule has 25 heavy (non-hydrogen) atoms. The first-order valence-corrected chi connectivity index (χ1v) is 8.84. The van der Waals surface area contributed by atoms with Gasteiger partial charge in [0.25, 0.3) is 5.91 Å². The summed E-state index contributed by atoms with van der Waals surface area (Å²) in [6.45, 7) is 8.47. The maximum atomic E-state index is 12.5. The fraction of sp³-hybridized carbons (Fsp3) is 0.579. The van der Waals surface area contributed by atoms with E-state index in [0.29, 0.717) is 18.0 Å². The Labute approximate surface area is 156 Å². The van der Waals surface area contributed by atoms with Gasteiger partial charge in [-0.3, -0.25) is 9.59 Å². The topological polar surface area (TPSA) is 70.2 Å². The summed E-state index contributed by atoms with van der Waals surface area (Å²) in [5.74, 6) is 0.212. The normalized spacial score (nSPS) is 18.2. The van der Waals surface area contributed by atoms with E-state index in [0.717, 1.165) is 31.5 Å². The van der Waals surface area contributed by atoms with E-state index < -0.39 is 6.04 Å². The predicted molar refractivity (Wildman–Crippen MR) is 103 cm³/mol. The van der Waals surface area contributed by atoms with Crippen LogP contribution in [0.15, 0.2) is 24.3 Å². The highest BCUT2D eigenvalue weighted by Crippen LogP contribution is 2.11. The summed E-state index contributed by atoms with van der Waals surface area (Å²) in [5, 5.41) is 9.26.